The molecule has 4 atom stereocenters. The quantitative estimate of drug-likeness (QED) is 0.842. The van der Waals surface area contributed by atoms with Crippen molar-refractivity contribution in [2.45, 2.75) is 84.3 Å². The normalized spacial score (nSPS) is 29.6. The van der Waals surface area contributed by atoms with E-state index in [0.717, 1.165) is 25.8 Å². The Hall–Kier alpha value is -0.0900. The summed E-state index contributed by atoms with van der Waals surface area (Å²) in [5.41, 5.74) is 0.187. The number of rotatable bonds is 5. The van der Waals surface area contributed by atoms with E-state index in [9.17, 15) is 8.42 Å². The molecule has 0 bridgehead atoms. The summed E-state index contributed by atoms with van der Waals surface area (Å²) in [4.78, 5) is 0. The van der Waals surface area contributed by atoms with Crippen LogP contribution in [-0.2, 0) is 9.84 Å². The summed E-state index contributed by atoms with van der Waals surface area (Å²) in [6.45, 7) is 15.5. The van der Waals surface area contributed by atoms with Crippen molar-refractivity contribution < 1.29 is 8.42 Å². The lowest BCUT2D eigenvalue weighted by molar-refractivity contribution is 0.162. The minimum atomic E-state index is -3.09. The van der Waals surface area contributed by atoms with Crippen LogP contribution >= 0.6 is 0 Å². The molecule has 0 spiro atoms. The third-order valence-corrected chi connectivity index (χ3v) is 8.31. The van der Waals surface area contributed by atoms with Gasteiger partial charge in [-0.1, -0.05) is 41.5 Å². The van der Waals surface area contributed by atoms with Gasteiger partial charge in [-0.3, -0.25) is 0 Å². The van der Waals surface area contributed by atoms with Crippen molar-refractivity contribution in [3.8, 4) is 0 Å². The van der Waals surface area contributed by atoms with Crippen molar-refractivity contribution >= 4 is 9.84 Å². The van der Waals surface area contributed by atoms with E-state index < -0.39 is 9.84 Å². The Morgan fingerprint density at radius 2 is 1.71 bits per heavy atom. The molecule has 1 N–H and O–H groups in total. The largest absolute Gasteiger partial charge is 0.313 e. The molecule has 4 unspecified atom stereocenters. The smallest absolute Gasteiger partial charge is 0.157 e. The van der Waals surface area contributed by atoms with Crippen LogP contribution in [0.25, 0.3) is 0 Å². The molecule has 1 saturated carbocycles. The third-order valence-electron chi connectivity index (χ3n) is 5.36. The second-order valence-electron chi connectivity index (χ2n) is 8.12. The molecule has 21 heavy (non-hydrogen) atoms. The van der Waals surface area contributed by atoms with E-state index in [1.54, 1.807) is 0 Å². The Balaban J connectivity index is 3.05. The monoisotopic (exact) mass is 317 g/mol. The van der Waals surface area contributed by atoms with Crippen molar-refractivity contribution in [1.29, 1.82) is 0 Å². The number of hydrogen-bond donors (Lipinski definition) is 1. The molecule has 0 aromatic heterocycles. The maximum absolute atomic E-state index is 13.0. The Bertz CT molecular complexity index is 423. The van der Waals surface area contributed by atoms with Gasteiger partial charge in [0.25, 0.3) is 0 Å². The SMILES string of the molecule is CCNC1CCC(C(C)(C)C)CC1S(=O)(=O)C(C)C(C)C. The van der Waals surface area contributed by atoms with Gasteiger partial charge in [-0.15, -0.1) is 0 Å². The average molecular weight is 318 g/mol. The molecule has 4 heteroatoms. The van der Waals surface area contributed by atoms with Crippen molar-refractivity contribution in [3.05, 3.63) is 0 Å². The molecule has 0 aliphatic heterocycles. The molecule has 1 aliphatic carbocycles. The first-order valence-corrected chi connectivity index (χ1v) is 10.1. The van der Waals surface area contributed by atoms with E-state index >= 15 is 0 Å². The molecule has 3 nitrogen and oxygen atoms in total. The Morgan fingerprint density at radius 3 is 2.14 bits per heavy atom. The summed E-state index contributed by atoms with van der Waals surface area (Å²) in [6.07, 6.45) is 2.91. The minimum Gasteiger partial charge on any atom is -0.313 e. The van der Waals surface area contributed by atoms with E-state index in [0.29, 0.717) is 5.92 Å². The first kappa shape index (κ1) is 19.0. The molecule has 126 valence electrons. The second kappa shape index (κ2) is 6.99. The van der Waals surface area contributed by atoms with Crippen molar-refractivity contribution in [2.75, 3.05) is 6.54 Å². The van der Waals surface area contributed by atoms with Gasteiger partial charge in [0.15, 0.2) is 9.84 Å². The molecule has 0 amide bonds. The standard InChI is InChI=1S/C17H35NO2S/c1-8-18-15-10-9-14(17(5,6)7)11-16(15)21(19,20)13(4)12(2)3/h12-16,18H,8-11H2,1-7H3. The second-order valence-corrected chi connectivity index (χ2v) is 10.6. The molecule has 0 heterocycles. The summed E-state index contributed by atoms with van der Waals surface area (Å²) in [5.74, 6) is 0.666. The van der Waals surface area contributed by atoms with Crippen LogP contribution in [0.5, 0.6) is 0 Å². The summed E-state index contributed by atoms with van der Waals surface area (Å²) in [7, 11) is -3.09. The Labute approximate surface area is 132 Å². The topological polar surface area (TPSA) is 46.2 Å². The maximum atomic E-state index is 13.0. The highest BCUT2D eigenvalue weighted by atomic mass is 32.2. The van der Waals surface area contributed by atoms with Crippen LogP contribution in [0.1, 0.15) is 67.7 Å². The van der Waals surface area contributed by atoms with Gasteiger partial charge >= 0.3 is 0 Å². The maximum Gasteiger partial charge on any atom is 0.157 e. The molecule has 0 saturated heterocycles. The summed E-state index contributed by atoms with van der Waals surface area (Å²) in [6, 6.07) is 0.125. The fourth-order valence-electron chi connectivity index (χ4n) is 3.43. The van der Waals surface area contributed by atoms with E-state index in [4.69, 9.17) is 0 Å². The fraction of sp³-hybridized carbons (Fsp3) is 1.00. The minimum absolute atomic E-state index is 0.125. The molecule has 0 aromatic rings. The van der Waals surface area contributed by atoms with Crippen LogP contribution in [0, 0.1) is 17.3 Å². The van der Waals surface area contributed by atoms with Gasteiger partial charge in [-0.2, -0.15) is 0 Å². The molecule has 1 aliphatic rings. The molecule has 1 rings (SSSR count). The van der Waals surface area contributed by atoms with Crippen molar-refractivity contribution in [2.24, 2.45) is 17.3 Å². The van der Waals surface area contributed by atoms with Crippen LogP contribution in [0.3, 0.4) is 0 Å². The fourth-order valence-corrected chi connectivity index (χ4v) is 5.93. The van der Waals surface area contributed by atoms with Gasteiger partial charge in [-0.25, -0.2) is 8.42 Å². The molecular formula is C17H35NO2S. The first-order valence-electron chi connectivity index (χ1n) is 8.47. The zero-order valence-corrected chi connectivity index (χ0v) is 15.8. The zero-order valence-electron chi connectivity index (χ0n) is 14.9. The van der Waals surface area contributed by atoms with Crippen LogP contribution in [-0.4, -0.2) is 31.5 Å². The van der Waals surface area contributed by atoms with Gasteiger partial charge in [0, 0.05) is 6.04 Å². The zero-order chi connectivity index (χ0) is 16.4. The lowest BCUT2D eigenvalue weighted by Gasteiger charge is -2.42. The summed E-state index contributed by atoms with van der Waals surface area (Å²) in [5, 5.41) is 2.94. The number of sulfone groups is 1. The van der Waals surface area contributed by atoms with E-state index in [-0.39, 0.29) is 27.9 Å². The Kier molecular flexibility index (Phi) is 6.31. The Morgan fingerprint density at radius 1 is 1.14 bits per heavy atom. The molecular weight excluding hydrogens is 282 g/mol. The van der Waals surface area contributed by atoms with Crippen LogP contribution < -0.4 is 5.32 Å². The third kappa shape index (κ3) is 4.44. The van der Waals surface area contributed by atoms with E-state index in [1.165, 1.54) is 0 Å². The predicted octanol–water partition coefficient (Wildman–Crippen LogP) is 3.64. The van der Waals surface area contributed by atoms with E-state index in [1.807, 2.05) is 20.8 Å². The van der Waals surface area contributed by atoms with Gasteiger partial charge in [0.1, 0.15) is 0 Å². The van der Waals surface area contributed by atoms with Gasteiger partial charge in [0.2, 0.25) is 0 Å². The lowest BCUT2D eigenvalue weighted by atomic mass is 9.71. The van der Waals surface area contributed by atoms with Crippen LogP contribution in [0.15, 0.2) is 0 Å². The lowest BCUT2D eigenvalue weighted by Crippen LogP contribution is -2.52. The predicted molar refractivity (Wildman–Crippen MR) is 91.3 cm³/mol. The van der Waals surface area contributed by atoms with Gasteiger partial charge in [0.05, 0.1) is 10.5 Å². The first-order chi connectivity index (χ1) is 9.51. The van der Waals surface area contributed by atoms with Crippen molar-refractivity contribution in [3.63, 3.8) is 0 Å². The van der Waals surface area contributed by atoms with Gasteiger partial charge < -0.3 is 5.32 Å². The summed E-state index contributed by atoms with van der Waals surface area (Å²) < 4.78 is 26.1. The average Bonchev–Trinajstić information content (AvgIpc) is 2.37. The highest BCUT2D eigenvalue weighted by Gasteiger charge is 2.44. The van der Waals surface area contributed by atoms with Crippen LogP contribution in [0.2, 0.25) is 0 Å². The highest BCUT2D eigenvalue weighted by Crippen LogP contribution is 2.41. The number of hydrogen-bond acceptors (Lipinski definition) is 3. The van der Waals surface area contributed by atoms with E-state index in [2.05, 4.69) is 33.0 Å². The molecule has 0 radical (unpaired) electrons. The molecule has 1 fully saturated rings. The summed E-state index contributed by atoms with van der Waals surface area (Å²) >= 11 is 0. The van der Waals surface area contributed by atoms with Gasteiger partial charge in [-0.05, 0) is 50.0 Å². The highest BCUT2D eigenvalue weighted by molar-refractivity contribution is 7.92. The number of nitrogens with one attached hydrogen (secondary N) is 1. The molecule has 0 aromatic carbocycles. The van der Waals surface area contributed by atoms with Crippen LogP contribution in [0.4, 0.5) is 0 Å². The van der Waals surface area contributed by atoms with Crippen molar-refractivity contribution in [1.82, 2.24) is 5.32 Å².